The van der Waals surface area contributed by atoms with E-state index in [0.29, 0.717) is 18.5 Å². The fourth-order valence-electron chi connectivity index (χ4n) is 2.51. The number of aliphatic carboxylic acids is 1. The maximum Gasteiger partial charge on any atom is 0.306 e. The van der Waals surface area contributed by atoms with Crippen LogP contribution in [0.1, 0.15) is 31.2 Å². The average molecular weight is 269 g/mol. The lowest BCUT2D eigenvalue weighted by atomic mass is 9.86. The Morgan fingerprint density at radius 3 is 2.79 bits per heavy atom. The molecular formula is C14H17F2NO2. The minimum absolute atomic E-state index is 0.128. The van der Waals surface area contributed by atoms with Crippen molar-refractivity contribution in [3.05, 3.63) is 35.4 Å². The maximum absolute atomic E-state index is 13.0. The molecule has 1 aromatic carbocycles. The van der Waals surface area contributed by atoms with Crippen LogP contribution in [0, 0.1) is 17.6 Å². The third-order valence-electron chi connectivity index (χ3n) is 3.60. The van der Waals surface area contributed by atoms with Crippen molar-refractivity contribution in [1.29, 1.82) is 0 Å². The molecule has 0 aromatic heterocycles. The zero-order chi connectivity index (χ0) is 13.8. The minimum atomic E-state index is -0.855. The van der Waals surface area contributed by atoms with E-state index in [0.717, 1.165) is 25.3 Å². The molecule has 0 amide bonds. The van der Waals surface area contributed by atoms with Crippen LogP contribution in [-0.2, 0) is 11.3 Å². The van der Waals surface area contributed by atoms with Gasteiger partial charge >= 0.3 is 5.97 Å². The fraction of sp³-hybridized carbons (Fsp3) is 0.500. The highest BCUT2D eigenvalue weighted by Gasteiger charge is 2.26. The first-order valence-corrected chi connectivity index (χ1v) is 6.46. The van der Waals surface area contributed by atoms with Crippen molar-refractivity contribution >= 4 is 5.97 Å². The van der Waals surface area contributed by atoms with E-state index >= 15 is 0 Å². The Hall–Kier alpha value is -1.49. The van der Waals surface area contributed by atoms with Gasteiger partial charge in [0.25, 0.3) is 0 Å². The fourth-order valence-corrected chi connectivity index (χ4v) is 2.51. The second kappa shape index (κ2) is 6.10. The van der Waals surface area contributed by atoms with Gasteiger partial charge < -0.3 is 10.4 Å². The van der Waals surface area contributed by atoms with Gasteiger partial charge in [0.2, 0.25) is 0 Å². The van der Waals surface area contributed by atoms with Crippen molar-refractivity contribution in [1.82, 2.24) is 5.32 Å². The summed E-state index contributed by atoms with van der Waals surface area (Å²) >= 11 is 0. The zero-order valence-corrected chi connectivity index (χ0v) is 10.5. The molecule has 19 heavy (non-hydrogen) atoms. The topological polar surface area (TPSA) is 49.3 Å². The first-order valence-electron chi connectivity index (χ1n) is 6.46. The molecular weight excluding hydrogens is 252 g/mol. The summed E-state index contributed by atoms with van der Waals surface area (Å²) in [5.74, 6) is -2.76. The molecule has 0 saturated heterocycles. The highest BCUT2D eigenvalue weighted by molar-refractivity contribution is 5.70. The molecule has 0 aliphatic heterocycles. The normalized spacial score (nSPS) is 23.3. The summed E-state index contributed by atoms with van der Waals surface area (Å²) < 4.78 is 25.8. The van der Waals surface area contributed by atoms with E-state index in [1.807, 2.05) is 0 Å². The largest absolute Gasteiger partial charge is 0.481 e. The van der Waals surface area contributed by atoms with Crippen LogP contribution in [-0.4, -0.2) is 17.1 Å². The van der Waals surface area contributed by atoms with Gasteiger partial charge in [0, 0.05) is 12.6 Å². The summed E-state index contributed by atoms with van der Waals surface area (Å²) in [6, 6.07) is 3.93. The Morgan fingerprint density at radius 1 is 1.32 bits per heavy atom. The first kappa shape index (κ1) is 13.9. The van der Waals surface area contributed by atoms with Gasteiger partial charge in [0.15, 0.2) is 11.6 Å². The molecule has 1 fully saturated rings. The number of hydrogen-bond donors (Lipinski definition) is 2. The van der Waals surface area contributed by atoms with E-state index in [4.69, 9.17) is 5.11 Å². The highest BCUT2D eigenvalue weighted by Crippen LogP contribution is 2.24. The molecule has 5 heteroatoms. The molecule has 1 aliphatic carbocycles. The van der Waals surface area contributed by atoms with Gasteiger partial charge in [-0.15, -0.1) is 0 Å². The van der Waals surface area contributed by atoms with Crippen LogP contribution in [0.15, 0.2) is 18.2 Å². The van der Waals surface area contributed by atoms with E-state index < -0.39 is 17.6 Å². The Bertz CT molecular complexity index is 465. The van der Waals surface area contributed by atoms with Gasteiger partial charge in [0.1, 0.15) is 0 Å². The monoisotopic (exact) mass is 269 g/mol. The van der Waals surface area contributed by atoms with Crippen LogP contribution in [0.25, 0.3) is 0 Å². The Morgan fingerprint density at radius 2 is 2.11 bits per heavy atom. The molecule has 0 heterocycles. The van der Waals surface area contributed by atoms with E-state index in [2.05, 4.69) is 5.32 Å². The van der Waals surface area contributed by atoms with Gasteiger partial charge in [-0.1, -0.05) is 12.5 Å². The molecule has 0 radical (unpaired) electrons. The maximum atomic E-state index is 13.0. The summed E-state index contributed by atoms with van der Waals surface area (Å²) in [5.41, 5.74) is 0.663. The summed E-state index contributed by atoms with van der Waals surface area (Å²) in [6.45, 7) is 0.425. The average Bonchev–Trinajstić information content (AvgIpc) is 2.40. The Balaban J connectivity index is 1.87. The van der Waals surface area contributed by atoms with Crippen molar-refractivity contribution in [2.45, 2.75) is 38.3 Å². The first-order chi connectivity index (χ1) is 9.06. The van der Waals surface area contributed by atoms with E-state index in [1.54, 1.807) is 0 Å². The lowest BCUT2D eigenvalue weighted by Gasteiger charge is -2.27. The van der Waals surface area contributed by atoms with Crippen molar-refractivity contribution < 1.29 is 18.7 Å². The standard InChI is InChI=1S/C14H17F2NO2/c15-12-5-4-9(6-13(12)16)8-17-11-3-1-2-10(7-11)14(18)19/h4-6,10-11,17H,1-3,7-8H2,(H,18,19). The molecule has 2 unspecified atom stereocenters. The SMILES string of the molecule is O=C(O)C1CCCC(NCc2ccc(F)c(F)c2)C1. The van der Waals surface area contributed by atoms with Gasteiger partial charge in [-0.3, -0.25) is 4.79 Å². The van der Waals surface area contributed by atoms with Crippen LogP contribution in [0.4, 0.5) is 8.78 Å². The predicted molar refractivity (Wildman–Crippen MR) is 66.6 cm³/mol. The molecule has 2 atom stereocenters. The van der Waals surface area contributed by atoms with Gasteiger partial charge in [0.05, 0.1) is 5.92 Å². The number of rotatable bonds is 4. The third-order valence-corrected chi connectivity index (χ3v) is 3.60. The molecule has 1 saturated carbocycles. The summed E-state index contributed by atoms with van der Waals surface area (Å²) in [4.78, 5) is 10.9. The highest BCUT2D eigenvalue weighted by atomic mass is 19.2. The molecule has 0 bridgehead atoms. The molecule has 1 aliphatic rings. The van der Waals surface area contributed by atoms with Crippen molar-refractivity contribution in [2.75, 3.05) is 0 Å². The quantitative estimate of drug-likeness (QED) is 0.883. The Labute approximate surface area is 110 Å². The predicted octanol–water partition coefficient (Wildman–Crippen LogP) is 2.70. The van der Waals surface area contributed by atoms with Crippen LogP contribution >= 0.6 is 0 Å². The minimum Gasteiger partial charge on any atom is -0.481 e. The van der Waals surface area contributed by atoms with Gasteiger partial charge in [-0.25, -0.2) is 8.78 Å². The van der Waals surface area contributed by atoms with Crippen molar-refractivity contribution in [2.24, 2.45) is 5.92 Å². The van der Waals surface area contributed by atoms with Gasteiger partial charge in [-0.2, -0.15) is 0 Å². The number of benzene rings is 1. The van der Waals surface area contributed by atoms with E-state index in [1.165, 1.54) is 12.1 Å². The zero-order valence-electron chi connectivity index (χ0n) is 10.5. The number of carbonyl (C=O) groups is 1. The number of nitrogens with one attached hydrogen (secondary N) is 1. The number of carboxylic acids is 1. The second-order valence-corrected chi connectivity index (χ2v) is 5.03. The van der Waals surface area contributed by atoms with Crippen LogP contribution < -0.4 is 5.32 Å². The molecule has 0 spiro atoms. The van der Waals surface area contributed by atoms with E-state index in [9.17, 15) is 13.6 Å². The van der Waals surface area contributed by atoms with Crippen molar-refractivity contribution in [3.8, 4) is 0 Å². The smallest absolute Gasteiger partial charge is 0.306 e. The van der Waals surface area contributed by atoms with E-state index in [-0.39, 0.29) is 12.0 Å². The van der Waals surface area contributed by atoms with Crippen molar-refractivity contribution in [3.63, 3.8) is 0 Å². The second-order valence-electron chi connectivity index (χ2n) is 5.03. The summed E-state index contributed by atoms with van der Waals surface area (Å²) in [6.07, 6.45) is 3.12. The lowest BCUT2D eigenvalue weighted by molar-refractivity contribution is -0.143. The van der Waals surface area contributed by atoms with Crippen LogP contribution in [0.3, 0.4) is 0 Å². The lowest BCUT2D eigenvalue weighted by Crippen LogP contribution is -2.36. The molecule has 104 valence electrons. The van der Waals surface area contributed by atoms with Crippen LogP contribution in [0.2, 0.25) is 0 Å². The number of carboxylic acid groups (broad SMARTS) is 1. The van der Waals surface area contributed by atoms with Gasteiger partial charge in [-0.05, 0) is 37.0 Å². The molecule has 2 N–H and O–H groups in total. The Kier molecular flexibility index (Phi) is 4.47. The molecule has 2 rings (SSSR count). The molecule has 1 aromatic rings. The van der Waals surface area contributed by atoms with Crippen LogP contribution in [0.5, 0.6) is 0 Å². The summed E-state index contributed by atoms with van der Waals surface area (Å²) in [7, 11) is 0. The number of hydrogen-bond acceptors (Lipinski definition) is 2. The summed E-state index contributed by atoms with van der Waals surface area (Å²) in [5, 5.41) is 12.2. The third kappa shape index (κ3) is 3.73. The number of halogens is 2. The molecule has 3 nitrogen and oxygen atoms in total.